The molecule has 92 valence electrons. The zero-order valence-corrected chi connectivity index (χ0v) is 11.3. The fourth-order valence-corrected chi connectivity index (χ4v) is 2.69. The van der Waals surface area contributed by atoms with E-state index < -0.39 is 0 Å². The summed E-state index contributed by atoms with van der Waals surface area (Å²) >= 11 is 3.37. The number of hydrogen-bond donors (Lipinski definition) is 2. The summed E-state index contributed by atoms with van der Waals surface area (Å²) in [6, 6.07) is 5.28. The Morgan fingerprint density at radius 2 is 2.12 bits per heavy atom. The van der Waals surface area contributed by atoms with Crippen molar-refractivity contribution < 1.29 is 4.79 Å². The molecule has 17 heavy (non-hydrogen) atoms. The van der Waals surface area contributed by atoms with Crippen molar-refractivity contribution in [2.75, 3.05) is 12.3 Å². The number of anilines is 1. The Morgan fingerprint density at radius 1 is 1.41 bits per heavy atom. The third kappa shape index (κ3) is 3.22. The molecule has 0 aliphatic heterocycles. The van der Waals surface area contributed by atoms with E-state index in [4.69, 9.17) is 5.73 Å². The maximum Gasteiger partial charge on any atom is 0.252 e. The van der Waals surface area contributed by atoms with E-state index in [1.54, 1.807) is 18.2 Å². The van der Waals surface area contributed by atoms with Crippen LogP contribution >= 0.6 is 15.9 Å². The first-order chi connectivity index (χ1) is 8.16. The lowest BCUT2D eigenvalue weighted by molar-refractivity contribution is 0.0946. The van der Waals surface area contributed by atoms with Crippen LogP contribution in [-0.4, -0.2) is 12.5 Å². The van der Waals surface area contributed by atoms with E-state index in [2.05, 4.69) is 21.2 Å². The first kappa shape index (κ1) is 12.4. The highest BCUT2D eigenvalue weighted by molar-refractivity contribution is 9.10. The molecule has 3 nitrogen and oxygen atoms in total. The van der Waals surface area contributed by atoms with E-state index >= 15 is 0 Å². The van der Waals surface area contributed by atoms with E-state index in [-0.39, 0.29) is 5.91 Å². The summed E-state index contributed by atoms with van der Waals surface area (Å²) in [7, 11) is 0. The van der Waals surface area contributed by atoms with Gasteiger partial charge in [0.1, 0.15) is 0 Å². The Morgan fingerprint density at radius 3 is 2.82 bits per heavy atom. The Kier molecular flexibility index (Phi) is 4.05. The molecule has 2 rings (SSSR count). The second-order valence-electron chi connectivity index (χ2n) is 4.60. The van der Waals surface area contributed by atoms with E-state index in [1.807, 2.05) is 0 Å². The van der Waals surface area contributed by atoms with E-state index in [9.17, 15) is 4.79 Å². The van der Waals surface area contributed by atoms with Crippen LogP contribution < -0.4 is 11.1 Å². The molecule has 4 heteroatoms. The van der Waals surface area contributed by atoms with Crippen LogP contribution in [-0.2, 0) is 0 Å². The zero-order valence-electron chi connectivity index (χ0n) is 9.71. The van der Waals surface area contributed by atoms with Crippen LogP contribution in [0.25, 0.3) is 0 Å². The van der Waals surface area contributed by atoms with Crippen molar-refractivity contribution in [1.82, 2.24) is 5.32 Å². The monoisotopic (exact) mass is 296 g/mol. The molecule has 1 aromatic carbocycles. The second kappa shape index (κ2) is 5.54. The molecule has 1 amide bonds. The average Bonchev–Trinajstić information content (AvgIpc) is 2.82. The summed E-state index contributed by atoms with van der Waals surface area (Å²) in [6.45, 7) is 0.778. The number of rotatable bonds is 3. The van der Waals surface area contributed by atoms with Gasteiger partial charge in [-0.1, -0.05) is 12.8 Å². The van der Waals surface area contributed by atoms with Crippen LogP contribution in [0.1, 0.15) is 36.0 Å². The summed E-state index contributed by atoms with van der Waals surface area (Å²) in [5, 5.41) is 2.98. The van der Waals surface area contributed by atoms with Gasteiger partial charge in [0.2, 0.25) is 0 Å². The van der Waals surface area contributed by atoms with Crippen LogP contribution in [0.15, 0.2) is 22.7 Å². The fourth-order valence-electron chi connectivity index (χ4n) is 2.26. The first-order valence-corrected chi connectivity index (χ1v) is 6.79. The molecule has 0 atom stereocenters. The minimum Gasteiger partial charge on any atom is -0.399 e. The molecule has 1 aliphatic carbocycles. The van der Waals surface area contributed by atoms with Crippen LogP contribution in [0.3, 0.4) is 0 Å². The lowest BCUT2D eigenvalue weighted by Crippen LogP contribution is -2.28. The Bertz CT molecular complexity index is 414. The highest BCUT2D eigenvalue weighted by Crippen LogP contribution is 2.24. The summed E-state index contributed by atoms with van der Waals surface area (Å²) in [5.41, 5.74) is 6.91. The first-order valence-electron chi connectivity index (χ1n) is 6.00. The van der Waals surface area contributed by atoms with Gasteiger partial charge in [0, 0.05) is 16.7 Å². The van der Waals surface area contributed by atoms with Crippen molar-refractivity contribution in [2.45, 2.75) is 25.7 Å². The van der Waals surface area contributed by atoms with Crippen LogP contribution in [0.4, 0.5) is 5.69 Å². The van der Waals surface area contributed by atoms with E-state index in [0.29, 0.717) is 17.2 Å². The van der Waals surface area contributed by atoms with Crippen molar-refractivity contribution in [1.29, 1.82) is 0 Å². The number of carbonyl (C=O) groups is 1. The summed E-state index contributed by atoms with van der Waals surface area (Å²) < 4.78 is 0.788. The average molecular weight is 297 g/mol. The number of amides is 1. The minimum absolute atomic E-state index is 0.0453. The number of benzene rings is 1. The molecule has 0 aromatic heterocycles. The smallest absolute Gasteiger partial charge is 0.252 e. The largest absolute Gasteiger partial charge is 0.399 e. The molecular weight excluding hydrogens is 280 g/mol. The van der Waals surface area contributed by atoms with Gasteiger partial charge in [0.05, 0.1) is 5.56 Å². The van der Waals surface area contributed by atoms with Gasteiger partial charge in [-0.25, -0.2) is 0 Å². The molecule has 0 bridgehead atoms. The van der Waals surface area contributed by atoms with Crippen LogP contribution in [0, 0.1) is 5.92 Å². The predicted molar refractivity (Wildman–Crippen MR) is 72.8 cm³/mol. The molecule has 0 radical (unpaired) electrons. The van der Waals surface area contributed by atoms with Crippen molar-refractivity contribution in [2.24, 2.45) is 5.92 Å². The zero-order chi connectivity index (χ0) is 12.3. The van der Waals surface area contributed by atoms with Gasteiger partial charge in [0.15, 0.2) is 0 Å². The summed E-state index contributed by atoms with van der Waals surface area (Å²) in [5.74, 6) is 0.606. The molecule has 1 saturated carbocycles. The minimum atomic E-state index is -0.0453. The highest BCUT2D eigenvalue weighted by Gasteiger charge is 2.17. The molecule has 0 spiro atoms. The molecule has 1 fully saturated rings. The molecule has 1 aromatic rings. The van der Waals surface area contributed by atoms with E-state index in [1.165, 1.54) is 25.7 Å². The van der Waals surface area contributed by atoms with Gasteiger partial charge in [-0.05, 0) is 52.9 Å². The summed E-state index contributed by atoms with van der Waals surface area (Å²) in [4.78, 5) is 12.0. The molecule has 0 unspecified atom stereocenters. The quantitative estimate of drug-likeness (QED) is 0.843. The van der Waals surface area contributed by atoms with Crippen LogP contribution in [0.5, 0.6) is 0 Å². The number of nitrogens with two attached hydrogens (primary N) is 1. The van der Waals surface area contributed by atoms with Crippen LogP contribution in [0.2, 0.25) is 0 Å². The Labute approximate surface area is 110 Å². The third-order valence-corrected chi connectivity index (χ3v) is 3.95. The molecule has 0 heterocycles. The van der Waals surface area contributed by atoms with Crippen molar-refractivity contribution >= 4 is 27.5 Å². The van der Waals surface area contributed by atoms with Crippen molar-refractivity contribution in [3.8, 4) is 0 Å². The fraction of sp³-hybridized carbons (Fsp3) is 0.462. The maximum atomic E-state index is 12.0. The van der Waals surface area contributed by atoms with Gasteiger partial charge in [-0.3, -0.25) is 4.79 Å². The number of nitrogens with one attached hydrogen (secondary N) is 1. The Balaban J connectivity index is 1.96. The predicted octanol–water partition coefficient (Wildman–Crippen LogP) is 2.95. The SMILES string of the molecule is Nc1ccc(Br)c(C(=O)NCC2CCCC2)c1. The summed E-state index contributed by atoms with van der Waals surface area (Å²) in [6.07, 6.45) is 5.06. The number of nitrogen functional groups attached to an aromatic ring is 1. The second-order valence-corrected chi connectivity index (χ2v) is 5.45. The van der Waals surface area contributed by atoms with Crippen molar-refractivity contribution in [3.05, 3.63) is 28.2 Å². The molecule has 3 N–H and O–H groups in total. The van der Waals surface area contributed by atoms with Gasteiger partial charge in [-0.15, -0.1) is 0 Å². The van der Waals surface area contributed by atoms with E-state index in [0.717, 1.165) is 11.0 Å². The number of halogens is 1. The highest BCUT2D eigenvalue weighted by atomic mass is 79.9. The number of hydrogen-bond acceptors (Lipinski definition) is 2. The standard InChI is InChI=1S/C13H17BrN2O/c14-12-6-5-10(15)7-11(12)13(17)16-8-9-3-1-2-4-9/h5-7,9H,1-4,8,15H2,(H,16,17). The lowest BCUT2D eigenvalue weighted by atomic mass is 10.1. The van der Waals surface area contributed by atoms with Gasteiger partial charge in [-0.2, -0.15) is 0 Å². The normalized spacial score (nSPS) is 16.1. The third-order valence-electron chi connectivity index (χ3n) is 3.26. The maximum absolute atomic E-state index is 12.0. The number of carbonyl (C=O) groups excluding carboxylic acids is 1. The lowest BCUT2D eigenvalue weighted by Gasteiger charge is -2.11. The molecule has 1 aliphatic rings. The topological polar surface area (TPSA) is 55.1 Å². The van der Waals surface area contributed by atoms with Crippen molar-refractivity contribution in [3.63, 3.8) is 0 Å². The molecular formula is C13H17BrN2O. The van der Waals surface area contributed by atoms with Gasteiger partial charge >= 0.3 is 0 Å². The van der Waals surface area contributed by atoms with Gasteiger partial charge in [0.25, 0.3) is 5.91 Å². The molecule has 0 saturated heterocycles. The Hall–Kier alpha value is -1.03. The van der Waals surface area contributed by atoms with Gasteiger partial charge < -0.3 is 11.1 Å².